The second-order valence-electron chi connectivity index (χ2n) is 3.69. The molecule has 0 aromatic carbocycles. The van der Waals surface area contributed by atoms with Crippen LogP contribution >= 0.6 is 0 Å². The highest BCUT2D eigenvalue weighted by atomic mass is 16.5. The summed E-state index contributed by atoms with van der Waals surface area (Å²) in [5.41, 5.74) is 2.45. The lowest BCUT2D eigenvalue weighted by Crippen LogP contribution is -2.22. The van der Waals surface area contributed by atoms with Crippen LogP contribution in [0.15, 0.2) is 18.5 Å². The number of aromatic nitrogens is 1. The topological polar surface area (TPSA) is 34.1 Å². The van der Waals surface area contributed by atoms with E-state index in [0.717, 1.165) is 19.6 Å². The third-order valence-electron chi connectivity index (χ3n) is 2.36. The van der Waals surface area contributed by atoms with E-state index in [1.54, 1.807) is 7.11 Å². The van der Waals surface area contributed by atoms with Crippen molar-refractivity contribution in [3.8, 4) is 0 Å². The molecule has 0 aliphatic rings. The summed E-state index contributed by atoms with van der Waals surface area (Å²) in [5.74, 6) is 0. The Morgan fingerprint density at radius 2 is 2.27 bits per heavy atom. The SMILES string of the molecule is CCNC(CCOC)c1cncc(C)c1. The van der Waals surface area contributed by atoms with Crippen molar-refractivity contribution < 1.29 is 4.74 Å². The molecule has 1 atom stereocenters. The fourth-order valence-corrected chi connectivity index (χ4v) is 1.64. The molecule has 0 bridgehead atoms. The summed E-state index contributed by atoms with van der Waals surface area (Å²) >= 11 is 0. The Hall–Kier alpha value is -0.930. The fourth-order valence-electron chi connectivity index (χ4n) is 1.64. The predicted molar refractivity (Wildman–Crippen MR) is 61.9 cm³/mol. The van der Waals surface area contributed by atoms with E-state index in [2.05, 4.69) is 30.2 Å². The first kappa shape index (κ1) is 12.1. The first-order valence-corrected chi connectivity index (χ1v) is 5.41. The van der Waals surface area contributed by atoms with Crippen molar-refractivity contribution in [3.05, 3.63) is 29.6 Å². The van der Waals surface area contributed by atoms with Gasteiger partial charge in [0.2, 0.25) is 0 Å². The Labute approximate surface area is 91.9 Å². The minimum absolute atomic E-state index is 0.349. The number of nitrogens with zero attached hydrogens (tertiary/aromatic N) is 1. The van der Waals surface area contributed by atoms with E-state index in [1.807, 2.05) is 12.4 Å². The molecule has 0 radical (unpaired) electrons. The first-order valence-electron chi connectivity index (χ1n) is 5.41. The van der Waals surface area contributed by atoms with Crippen LogP contribution in [0.1, 0.15) is 30.5 Å². The van der Waals surface area contributed by atoms with E-state index in [1.165, 1.54) is 11.1 Å². The average molecular weight is 208 g/mol. The molecule has 3 nitrogen and oxygen atoms in total. The Bertz CT molecular complexity index is 289. The number of methoxy groups -OCH3 is 1. The molecule has 0 amide bonds. The quantitative estimate of drug-likeness (QED) is 0.777. The maximum atomic E-state index is 5.11. The maximum absolute atomic E-state index is 5.11. The van der Waals surface area contributed by atoms with Gasteiger partial charge in [0.15, 0.2) is 0 Å². The largest absolute Gasteiger partial charge is 0.385 e. The summed E-state index contributed by atoms with van der Waals surface area (Å²) in [4.78, 5) is 4.21. The Morgan fingerprint density at radius 3 is 2.87 bits per heavy atom. The Morgan fingerprint density at radius 1 is 1.47 bits per heavy atom. The van der Waals surface area contributed by atoms with Crippen LogP contribution in [0.2, 0.25) is 0 Å². The van der Waals surface area contributed by atoms with Crippen molar-refractivity contribution >= 4 is 0 Å². The second-order valence-corrected chi connectivity index (χ2v) is 3.69. The number of rotatable bonds is 6. The van der Waals surface area contributed by atoms with E-state index >= 15 is 0 Å². The normalized spacial score (nSPS) is 12.7. The highest BCUT2D eigenvalue weighted by Crippen LogP contribution is 2.16. The van der Waals surface area contributed by atoms with E-state index in [4.69, 9.17) is 4.74 Å². The zero-order valence-electron chi connectivity index (χ0n) is 9.79. The Kier molecular flexibility index (Phi) is 5.29. The van der Waals surface area contributed by atoms with Crippen LogP contribution in [0.5, 0.6) is 0 Å². The summed E-state index contributed by atoms with van der Waals surface area (Å²) < 4.78 is 5.11. The van der Waals surface area contributed by atoms with Crippen LogP contribution in [0.3, 0.4) is 0 Å². The van der Waals surface area contributed by atoms with E-state index in [9.17, 15) is 0 Å². The molecule has 1 unspecified atom stereocenters. The number of pyridine rings is 1. The van der Waals surface area contributed by atoms with Crippen molar-refractivity contribution in [1.29, 1.82) is 0 Å². The lowest BCUT2D eigenvalue weighted by atomic mass is 10.0. The molecule has 0 aliphatic carbocycles. The minimum Gasteiger partial charge on any atom is -0.385 e. The lowest BCUT2D eigenvalue weighted by molar-refractivity contribution is 0.183. The summed E-state index contributed by atoms with van der Waals surface area (Å²) in [5, 5.41) is 3.44. The third kappa shape index (κ3) is 3.98. The van der Waals surface area contributed by atoms with Crippen LogP contribution in [-0.4, -0.2) is 25.2 Å². The monoisotopic (exact) mass is 208 g/mol. The molecule has 15 heavy (non-hydrogen) atoms. The van der Waals surface area contributed by atoms with Crippen molar-refractivity contribution in [2.24, 2.45) is 0 Å². The zero-order valence-corrected chi connectivity index (χ0v) is 9.79. The molecular weight excluding hydrogens is 188 g/mol. The van der Waals surface area contributed by atoms with Gasteiger partial charge in [0.1, 0.15) is 0 Å². The van der Waals surface area contributed by atoms with Crippen LogP contribution in [0.25, 0.3) is 0 Å². The van der Waals surface area contributed by atoms with E-state index in [-0.39, 0.29) is 0 Å². The van der Waals surface area contributed by atoms with Gasteiger partial charge in [-0.15, -0.1) is 0 Å². The van der Waals surface area contributed by atoms with Gasteiger partial charge in [-0.2, -0.15) is 0 Å². The van der Waals surface area contributed by atoms with Crippen molar-refractivity contribution in [2.75, 3.05) is 20.3 Å². The van der Waals surface area contributed by atoms with Crippen LogP contribution < -0.4 is 5.32 Å². The lowest BCUT2D eigenvalue weighted by Gasteiger charge is -2.17. The number of nitrogens with one attached hydrogen (secondary N) is 1. The summed E-state index contributed by atoms with van der Waals surface area (Å²) in [6.07, 6.45) is 4.79. The summed E-state index contributed by atoms with van der Waals surface area (Å²) in [7, 11) is 1.73. The van der Waals surface area contributed by atoms with Gasteiger partial charge in [0.25, 0.3) is 0 Å². The number of hydrogen-bond donors (Lipinski definition) is 1. The molecule has 0 saturated heterocycles. The van der Waals surface area contributed by atoms with Gasteiger partial charge in [-0.3, -0.25) is 4.98 Å². The maximum Gasteiger partial charge on any atom is 0.0480 e. The van der Waals surface area contributed by atoms with Gasteiger partial charge >= 0.3 is 0 Å². The predicted octanol–water partition coefficient (Wildman–Crippen LogP) is 2.08. The molecule has 0 fully saturated rings. The van der Waals surface area contributed by atoms with Crippen LogP contribution in [0.4, 0.5) is 0 Å². The van der Waals surface area contributed by atoms with Gasteiger partial charge in [0, 0.05) is 32.2 Å². The second kappa shape index (κ2) is 6.53. The molecule has 0 aliphatic heterocycles. The smallest absolute Gasteiger partial charge is 0.0480 e. The molecule has 84 valence electrons. The van der Waals surface area contributed by atoms with Gasteiger partial charge in [-0.05, 0) is 31.0 Å². The van der Waals surface area contributed by atoms with Gasteiger partial charge in [-0.25, -0.2) is 0 Å². The van der Waals surface area contributed by atoms with E-state index in [0.29, 0.717) is 6.04 Å². The summed E-state index contributed by atoms with van der Waals surface area (Å²) in [6.45, 7) is 5.91. The molecular formula is C12H20N2O. The molecule has 1 rings (SSSR count). The number of ether oxygens (including phenoxy) is 1. The molecule has 1 heterocycles. The van der Waals surface area contributed by atoms with Gasteiger partial charge < -0.3 is 10.1 Å². The van der Waals surface area contributed by atoms with Gasteiger partial charge in [0.05, 0.1) is 0 Å². The van der Waals surface area contributed by atoms with Crippen LogP contribution in [0, 0.1) is 6.92 Å². The van der Waals surface area contributed by atoms with Crippen molar-refractivity contribution in [2.45, 2.75) is 26.3 Å². The van der Waals surface area contributed by atoms with Crippen LogP contribution in [-0.2, 0) is 4.74 Å². The fraction of sp³-hybridized carbons (Fsp3) is 0.583. The number of hydrogen-bond acceptors (Lipinski definition) is 3. The average Bonchev–Trinajstić information content (AvgIpc) is 2.24. The van der Waals surface area contributed by atoms with Crippen molar-refractivity contribution in [1.82, 2.24) is 10.3 Å². The minimum atomic E-state index is 0.349. The highest BCUT2D eigenvalue weighted by molar-refractivity contribution is 5.20. The first-order chi connectivity index (χ1) is 7.27. The molecule has 3 heteroatoms. The standard InChI is InChI=1S/C12H20N2O/c1-4-14-12(5-6-15-3)11-7-10(2)8-13-9-11/h7-9,12,14H,4-6H2,1-3H3. The molecule has 1 N–H and O–H groups in total. The molecule has 1 aromatic rings. The van der Waals surface area contributed by atoms with Crippen molar-refractivity contribution in [3.63, 3.8) is 0 Å². The molecule has 0 saturated carbocycles. The Balaban J connectivity index is 2.69. The highest BCUT2D eigenvalue weighted by Gasteiger charge is 2.09. The van der Waals surface area contributed by atoms with E-state index < -0.39 is 0 Å². The third-order valence-corrected chi connectivity index (χ3v) is 2.36. The molecule has 1 aromatic heterocycles. The summed E-state index contributed by atoms with van der Waals surface area (Å²) in [6, 6.07) is 2.53. The number of aryl methyl sites for hydroxylation is 1. The molecule has 0 spiro atoms. The zero-order chi connectivity index (χ0) is 11.1. The van der Waals surface area contributed by atoms with Gasteiger partial charge in [-0.1, -0.05) is 13.0 Å².